The normalized spacial score (nSPS) is 21.2. The highest BCUT2D eigenvalue weighted by atomic mass is 32.1. The molecule has 1 spiro atoms. The van der Waals surface area contributed by atoms with Crippen molar-refractivity contribution in [1.29, 1.82) is 0 Å². The molecular formula is C20H21NO3S. The predicted molar refractivity (Wildman–Crippen MR) is 95.7 cm³/mol. The van der Waals surface area contributed by atoms with Crippen LogP contribution in [0.2, 0.25) is 0 Å². The van der Waals surface area contributed by atoms with E-state index in [1.165, 1.54) is 10.4 Å². The van der Waals surface area contributed by atoms with E-state index >= 15 is 0 Å². The van der Waals surface area contributed by atoms with Gasteiger partial charge in [0.25, 0.3) is 5.91 Å². The van der Waals surface area contributed by atoms with Crippen LogP contribution in [0.3, 0.4) is 0 Å². The summed E-state index contributed by atoms with van der Waals surface area (Å²) in [7, 11) is 0. The Balaban J connectivity index is 1.36. The third kappa shape index (κ3) is 2.45. The number of likely N-dealkylation sites (tertiary alicyclic amines) is 1. The lowest BCUT2D eigenvalue weighted by Crippen LogP contribution is -2.48. The fraction of sp³-hybridized carbons (Fsp3) is 0.450. The summed E-state index contributed by atoms with van der Waals surface area (Å²) in [5.41, 5.74) is 4.22. The van der Waals surface area contributed by atoms with Gasteiger partial charge >= 0.3 is 0 Å². The highest BCUT2D eigenvalue weighted by Gasteiger charge is 2.42. The molecule has 5 rings (SSSR count). The summed E-state index contributed by atoms with van der Waals surface area (Å²) in [6.45, 7) is 3.47. The summed E-state index contributed by atoms with van der Waals surface area (Å²) in [5.74, 6) is 0.138. The number of thiophene rings is 1. The largest absolute Gasteiger partial charge is 0.372 e. The Labute approximate surface area is 151 Å². The van der Waals surface area contributed by atoms with Crippen LogP contribution in [0.1, 0.15) is 44.8 Å². The molecule has 4 nitrogen and oxygen atoms in total. The van der Waals surface area contributed by atoms with Crippen LogP contribution < -0.4 is 0 Å². The van der Waals surface area contributed by atoms with E-state index in [9.17, 15) is 4.79 Å². The molecule has 0 bridgehead atoms. The van der Waals surface area contributed by atoms with Gasteiger partial charge in [-0.25, -0.2) is 0 Å². The van der Waals surface area contributed by atoms with E-state index in [4.69, 9.17) is 9.47 Å². The van der Waals surface area contributed by atoms with E-state index < -0.39 is 0 Å². The zero-order valence-electron chi connectivity index (χ0n) is 14.1. The smallest absolute Gasteiger partial charge is 0.254 e. The Hall–Kier alpha value is -1.69. The van der Waals surface area contributed by atoms with E-state index in [0.717, 1.165) is 55.6 Å². The number of hydrogen-bond acceptors (Lipinski definition) is 4. The topological polar surface area (TPSA) is 38.8 Å². The molecule has 0 saturated carbocycles. The number of hydrogen-bond donors (Lipinski definition) is 0. The minimum Gasteiger partial charge on any atom is -0.372 e. The van der Waals surface area contributed by atoms with Gasteiger partial charge in [0.2, 0.25) is 0 Å². The van der Waals surface area contributed by atoms with Gasteiger partial charge in [-0.1, -0.05) is 12.1 Å². The summed E-state index contributed by atoms with van der Waals surface area (Å²) < 4.78 is 11.8. The Kier molecular flexibility index (Phi) is 3.69. The third-order valence-electron chi connectivity index (χ3n) is 5.81. The number of ether oxygens (including phenoxy) is 2. The van der Waals surface area contributed by atoms with E-state index in [1.807, 2.05) is 28.4 Å². The molecule has 3 aliphatic heterocycles. The molecular weight excluding hydrogens is 334 g/mol. The van der Waals surface area contributed by atoms with Crippen molar-refractivity contribution in [2.75, 3.05) is 19.7 Å². The van der Waals surface area contributed by atoms with Crippen molar-refractivity contribution in [2.24, 2.45) is 0 Å². The standard InChI is InChI=1S/C20H21NO3S/c22-19(15-3-1-2-14-12-23-13-16(14)15)21-8-6-20(7-9-21)17-5-11-25-18(17)4-10-24-20/h1-3,5,11H,4,6-10,12-13H2. The highest BCUT2D eigenvalue weighted by Crippen LogP contribution is 2.43. The number of piperidine rings is 1. The number of nitrogens with zero attached hydrogens (tertiary/aromatic N) is 1. The molecule has 0 atom stereocenters. The second-order valence-electron chi connectivity index (χ2n) is 7.08. The Morgan fingerprint density at radius 3 is 2.92 bits per heavy atom. The summed E-state index contributed by atoms with van der Waals surface area (Å²) in [6, 6.07) is 8.18. The molecule has 0 aliphatic carbocycles. The van der Waals surface area contributed by atoms with E-state index in [-0.39, 0.29) is 11.5 Å². The molecule has 1 amide bonds. The van der Waals surface area contributed by atoms with Gasteiger partial charge in [0.1, 0.15) is 0 Å². The number of fused-ring (bicyclic) bond motifs is 3. The molecule has 130 valence electrons. The molecule has 3 aliphatic rings. The van der Waals surface area contributed by atoms with Crippen LogP contribution in [0.5, 0.6) is 0 Å². The maximum absolute atomic E-state index is 13.1. The van der Waals surface area contributed by atoms with Gasteiger partial charge in [-0.3, -0.25) is 4.79 Å². The SMILES string of the molecule is O=C(c1cccc2c1COC2)N1CCC2(CC1)OCCc1sccc12. The minimum absolute atomic E-state index is 0.138. The molecule has 2 aromatic rings. The first-order chi connectivity index (χ1) is 12.3. The molecule has 0 unspecified atom stereocenters. The van der Waals surface area contributed by atoms with Gasteiger partial charge in [-0.15, -0.1) is 11.3 Å². The summed E-state index contributed by atoms with van der Waals surface area (Å²) in [5, 5.41) is 2.17. The Bertz CT molecular complexity index is 820. The third-order valence-corrected chi connectivity index (χ3v) is 6.79. The van der Waals surface area contributed by atoms with Gasteiger partial charge in [-0.2, -0.15) is 0 Å². The van der Waals surface area contributed by atoms with E-state index in [2.05, 4.69) is 17.5 Å². The first-order valence-corrected chi connectivity index (χ1v) is 9.83. The molecule has 0 radical (unpaired) electrons. The molecule has 4 heterocycles. The lowest BCUT2D eigenvalue weighted by atomic mass is 9.82. The van der Waals surface area contributed by atoms with Crippen LogP contribution in [0.15, 0.2) is 29.6 Å². The monoisotopic (exact) mass is 355 g/mol. The van der Waals surface area contributed by atoms with Crippen LogP contribution in [0.25, 0.3) is 0 Å². The minimum atomic E-state index is -0.174. The van der Waals surface area contributed by atoms with Crippen LogP contribution in [0.4, 0.5) is 0 Å². The number of carbonyl (C=O) groups excluding carboxylic acids is 1. The second kappa shape index (κ2) is 5.94. The van der Waals surface area contributed by atoms with Crippen molar-refractivity contribution in [2.45, 2.75) is 38.1 Å². The molecule has 5 heteroatoms. The van der Waals surface area contributed by atoms with Gasteiger partial charge in [0, 0.05) is 30.0 Å². The second-order valence-corrected chi connectivity index (χ2v) is 8.08. The quantitative estimate of drug-likeness (QED) is 0.786. The Morgan fingerprint density at radius 1 is 1.16 bits per heavy atom. The van der Waals surface area contributed by atoms with Gasteiger partial charge < -0.3 is 14.4 Å². The fourth-order valence-corrected chi connectivity index (χ4v) is 5.37. The summed E-state index contributed by atoms with van der Waals surface area (Å²) in [4.78, 5) is 16.5. The molecule has 1 fully saturated rings. The Morgan fingerprint density at radius 2 is 2.04 bits per heavy atom. The average molecular weight is 355 g/mol. The average Bonchev–Trinajstić information content (AvgIpc) is 3.31. The maximum atomic E-state index is 13.1. The summed E-state index contributed by atoms with van der Waals surface area (Å²) >= 11 is 1.84. The van der Waals surface area contributed by atoms with Gasteiger partial charge in [0.15, 0.2) is 0 Å². The van der Waals surface area contributed by atoms with Crippen LogP contribution >= 0.6 is 11.3 Å². The highest BCUT2D eigenvalue weighted by molar-refractivity contribution is 7.10. The number of benzene rings is 1. The van der Waals surface area contributed by atoms with E-state index in [1.54, 1.807) is 0 Å². The van der Waals surface area contributed by atoms with E-state index in [0.29, 0.717) is 13.2 Å². The van der Waals surface area contributed by atoms with Crippen molar-refractivity contribution < 1.29 is 14.3 Å². The zero-order chi connectivity index (χ0) is 16.9. The van der Waals surface area contributed by atoms with Crippen LogP contribution in [0, 0.1) is 0 Å². The van der Waals surface area contributed by atoms with Crippen molar-refractivity contribution in [3.8, 4) is 0 Å². The first-order valence-electron chi connectivity index (χ1n) is 8.95. The van der Waals surface area contributed by atoms with Crippen molar-refractivity contribution in [1.82, 2.24) is 4.90 Å². The van der Waals surface area contributed by atoms with Crippen LogP contribution in [-0.2, 0) is 34.7 Å². The molecule has 25 heavy (non-hydrogen) atoms. The van der Waals surface area contributed by atoms with Crippen molar-refractivity contribution in [3.05, 3.63) is 56.8 Å². The van der Waals surface area contributed by atoms with Crippen LogP contribution in [-0.4, -0.2) is 30.5 Å². The maximum Gasteiger partial charge on any atom is 0.254 e. The van der Waals surface area contributed by atoms with Crippen molar-refractivity contribution >= 4 is 17.2 Å². The molecule has 1 saturated heterocycles. The zero-order valence-corrected chi connectivity index (χ0v) is 14.9. The molecule has 0 N–H and O–H groups in total. The number of rotatable bonds is 1. The fourth-order valence-electron chi connectivity index (χ4n) is 4.42. The molecule has 1 aromatic carbocycles. The number of amides is 1. The number of carbonyl (C=O) groups is 1. The predicted octanol–water partition coefficient (Wildman–Crippen LogP) is 3.48. The lowest BCUT2D eigenvalue weighted by Gasteiger charge is -2.44. The lowest BCUT2D eigenvalue weighted by molar-refractivity contribution is -0.0926. The van der Waals surface area contributed by atoms with Gasteiger partial charge in [0.05, 0.1) is 25.4 Å². The first kappa shape index (κ1) is 15.6. The van der Waals surface area contributed by atoms with Gasteiger partial charge in [-0.05, 0) is 47.0 Å². The molecule has 1 aromatic heterocycles. The van der Waals surface area contributed by atoms with Crippen molar-refractivity contribution in [3.63, 3.8) is 0 Å². The summed E-state index contributed by atoms with van der Waals surface area (Å²) in [6.07, 6.45) is 2.79.